The molecule has 0 spiro atoms. The Morgan fingerprint density at radius 2 is 1.56 bits per heavy atom. The first kappa shape index (κ1) is 33.3. The Labute approximate surface area is 238 Å². The number of pyridine rings is 3. The highest BCUT2D eigenvalue weighted by Crippen LogP contribution is 2.17. The number of carbonyl (C=O) groups excluding carboxylic acids is 4. The summed E-state index contributed by atoms with van der Waals surface area (Å²) in [5, 5.41) is 1.46. The Kier molecular flexibility index (Phi) is 13.4. The van der Waals surface area contributed by atoms with Crippen molar-refractivity contribution in [1.82, 2.24) is 19.9 Å². The summed E-state index contributed by atoms with van der Waals surface area (Å²) >= 11 is 11.4. The van der Waals surface area contributed by atoms with Crippen molar-refractivity contribution in [2.24, 2.45) is 0 Å². The summed E-state index contributed by atoms with van der Waals surface area (Å²) in [4.78, 5) is 57.4. The molecule has 0 aromatic carbocycles. The number of fused-ring (bicyclic) bond motifs is 1. The predicted octanol–water partition coefficient (Wildman–Crippen LogP) is 5.57. The fraction of sp³-hybridized carbons (Fsp3) is 0.321. The number of aldehydes is 1. The van der Waals surface area contributed by atoms with Crippen LogP contribution in [0.25, 0.3) is 10.9 Å². The van der Waals surface area contributed by atoms with Crippen LogP contribution in [0, 0.1) is 0 Å². The van der Waals surface area contributed by atoms with Crippen LogP contribution in [0.3, 0.4) is 0 Å². The van der Waals surface area contributed by atoms with E-state index >= 15 is 0 Å². The summed E-state index contributed by atoms with van der Waals surface area (Å²) in [6.07, 6.45) is 8.45. The van der Waals surface area contributed by atoms with Crippen molar-refractivity contribution in [3.8, 4) is 0 Å². The predicted molar refractivity (Wildman–Crippen MR) is 152 cm³/mol. The second kappa shape index (κ2) is 15.7. The molecule has 0 aliphatic carbocycles. The minimum absolute atomic E-state index is 0.00710. The molecule has 3 rings (SSSR count). The third kappa shape index (κ3) is 13.6. The Bertz CT molecular complexity index is 1350. The highest BCUT2D eigenvalue weighted by Gasteiger charge is 2.18. The van der Waals surface area contributed by atoms with Crippen molar-refractivity contribution in [2.75, 3.05) is 14.1 Å². The van der Waals surface area contributed by atoms with Crippen molar-refractivity contribution >= 4 is 57.9 Å². The van der Waals surface area contributed by atoms with Gasteiger partial charge in [0.05, 0.1) is 18.1 Å². The van der Waals surface area contributed by atoms with Crippen LogP contribution in [0.1, 0.15) is 60.9 Å². The van der Waals surface area contributed by atoms with Gasteiger partial charge in [-0.15, -0.1) is 0 Å². The maximum Gasteiger partial charge on any atom is 0.310 e. The Morgan fingerprint density at radius 1 is 0.949 bits per heavy atom. The van der Waals surface area contributed by atoms with Gasteiger partial charge in [0.1, 0.15) is 15.9 Å². The average Bonchev–Trinajstić information content (AvgIpc) is 2.83. The zero-order valence-corrected chi connectivity index (χ0v) is 24.5. The van der Waals surface area contributed by atoms with Crippen molar-refractivity contribution in [3.63, 3.8) is 0 Å². The first-order valence-electron chi connectivity index (χ1n) is 11.7. The highest BCUT2D eigenvalue weighted by atomic mass is 35.5. The number of Topliss-reactive ketones (excluding diaryl/α,β-unsaturated/α-hetero) is 1. The maximum atomic E-state index is 11.6. The number of rotatable bonds is 6. The number of hydrogen-bond acceptors (Lipinski definition) is 9. The van der Waals surface area contributed by atoms with Crippen LogP contribution in [-0.4, -0.2) is 63.4 Å². The average molecular weight is 575 g/mol. The fourth-order valence-corrected chi connectivity index (χ4v) is 3.05. The van der Waals surface area contributed by atoms with E-state index in [1.165, 1.54) is 32.2 Å². The molecule has 3 heterocycles. The molecule has 0 unspecified atom stereocenters. The largest absolute Gasteiger partial charge is 0.460 e. The molecule has 0 aliphatic heterocycles. The van der Waals surface area contributed by atoms with Crippen molar-refractivity contribution in [3.05, 3.63) is 76.1 Å². The molecule has 9 nitrogen and oxygen atoms in total. The van der Waals surface area contributed by atoms with Crippen LogP contribution in [0.2, 0.25) is 10.3 Å². The zero-order chi connectivity index (χ0) is 29.8. The van der Waals surface area contributed by atoms with Crippen LogP contribution in [0.4, 0.5) is 0 Å². The molecule has 11 heteroatoms. The molecule has 0 bridgehead atoms. The third-order valence-corrected chi connectivity index (χ3v) is 4.83. The molecular weight excluding hydrogens is 543 g/mol. The number of ketones is 2. The monoisotopic (exact) mass is 574 g/mol. The van der Waals surface area contributed by atoms with Gasteiger partial charge in [0, 0.05) is 49.2 Å². The van der Waals surface area contributed by atoms with E-state index in [4.69, 9.17) is 27.9 Å². The van der Waals surface area contributed by atoms with Gasteiger partial charge in [-0.25, -0.2) is 9.97 Å². The minimum atomic E-state index is -0.543. The SMILES string of the molecule is CC(=O)/C=C/N(C)C.CC(=O)c1cnc2cnc(Cl)cc2c1.CC(C)(C)OC(=O)Cc1cnc(Cl)cc1C=O. The van der Waals surface area contributed by atoms with Gasteiger partial charge in [0.2, 0.25) is 0 Å². The highest BCUT2D eigenvalue weighted by molar-refractivity contribution is 6.30. The van der Waals surface area contributed by atoms with E-state index in [0.29, 0.717) is 28.1 Å². The topological polar surface area (TPSA) is 119 Å². The number of halogens is 2. The zero-order valence-electron chi connectivity index (χ0n) is 23.0. The van der Waals surface area contributed by atoms with E-state index < -0.39 is 11.6 Å². The minimum Gasteiger partial charge on any atom is -0.460 e. The molecule has 0 aliphatic rings. The molecule has 0 fully saturated rings. The lowest BCUT2D eigenvalue weighted by Gasteiger charge is -2.19. The Hall–Kier alpha value is -3.69. The number of allylic oxidation sites excluding steroid dienone is 1. The summed E-state index contributed by atoms with van der Waals surface area (Å²) in [5.74, 6) is -0.323. The second-order valence-corrected chi connectivity index (χ2v) is 10.2. The van der Waals surface area contributed by atoms with Gasteiger partial charge in [-0.2, -0.15) is 0 Å². The normalized spacial score (nSPS) is 10.6. The van der Waals surface area contributed by atoms with Gasteiger partial charge in [-0.3, -0.25) is 24.2 Å². The molecule has 0 amide bonds. The van der Waals surface area contributed by atoms with Gasteiger partial charge in [-0.05, 0) is 64.5 Å². The maximum absolute atomic E-state index is 11.6. The van der Waals surface area contributed by atoms with Gasteiger partial charge >= 0.3 is 5.97 Å². The summed E-state index contributed by atoms with van der Waals surface area (Å²) in [7, 11) is 3.75. The number of aromatic nitrogens is 3. The number of esters is 1. The number of carbonyl (C=O) groups is 4. The van der Waals surface area contributed by atoms with E-state index in [2.05, 4.69) is 15.0 Å². The third-order valence-electron chi connectivity index (χ3n) is 4.42. The van der Waals surface area contributed by atoms with Crippen LogP contribution < -0.4 is 0 Å². The van der Waals surface area contributed by atoms with Crippen molar-refractivity contribution in [1.29, 1.82) is 0 Å². The first-order valence-corrected chi connectivity index (χ1v) is 12.5. The lowest BCUT2D eigenvalue weighted by atomic mass is 10.1. The van der Waals surface area contributed by atoms with Crippen LogP contribution in [0.15, 0.2) is 49.1 Å². The molecule has 0 radical (unpaired) electrons. The van der Waals surface area contributed by atoms with Crippen LogP contribution >= 0.6 is 23.2 Å². The smallest absolute Gasteiger partial charge is 0.310 e. The summed E-state index contributed by atoms with van der Waals surface area (Å²) < 4.78 is 5.16. The van der Waals surface area contributed by atoms with Gasteiger partial charge in [-0.1, -0.05) is 23.2 Å². The number of ether oxygens (including phenoxy) is 1. The second-order valence-electron chi connectivity index (χ2n) is 9.46. The molecule has 0 saturated heterocycles. The Morgan fingerprint density at radius 3 is 2.08 bits per heavy atom. The molecule has 39 heavy (non-hydrogen) atoms. The molecule has 3 aromatic rings. The standard InChI is InChI=1S/C12H14ClNO3.C10H7ClN2O.C6H11NO/c1-12(2,3)17-11(16)5-8-6-14-10(13)4-9(8)7-15;1-6(14)8-2-7-3-10(11)13-5-9(7)12-4-8;1-6(8)4-5-7(2)3/h4,6-7H,5H2,1-3H3;2-5H,1H3;4-5H,1-3H3/b;;5-4+. The van der Waals surface area contributed by atoms with E-state index in [0.717, 1.165) is 10.9 Å². The van der Waals surface area contributed by atoms with Gasteiger partial charge in [0.25, 0.3) is 0 Å². The van der Waals surface area contributed by atoms with Crippen molar-refractivity contribution < 1.29 is 23.9 Å². The lowest BCUT2D eigenvalue weighted by molar-refractivity contribution is -0.153. The van der Waals surface area contributed by atoms with E-state index in [1.807, 2.05) is 19.0 Å². The Balaban J connectivity index is 0.000000312. The first-order chi connectivity index (χ1) is 18.1. The molecule has 0 saturated carbocycles. The van der Waals surface area contributed by atoms with E-state index in [1.54, 1.807) is 51.5 Å². The summed E-state index contributed by atoms with van der Waals surface area (Å²) in [5.41, 5.74) is 1.65. The van der Waals surface area contributed by atoms with Gasteiger partial charge in [0.15, 0.2) is 17.9 Å². The van der Waals surface area contributed by atoms with Crippen molar-refractivity contribution in [2.45, 2.75) is 46.6 Å². The fourth-order valence-electron chi connectivity index (χ4n) is 2.71. The molecule has 0 atom stereocenters. The van der Waals surface area contributed by atoms with Crippen LogP contribution in [0.5, 0.6) is 0 Å². The number of nitrogens with zero attached hydrogens (tertiary/aromatic N) is 4. The molecule has 3 aromatic heterocycles. The molecular formula is C28H32Cl2N4O5. The van der Waals surface area contributed by atoms with Crippen LogP contribution in [-0.2, 0) is 20.7 Å². The van der Waals surface area contributed by atoms with E-state index in [9.17, 15) is 19.2 Å². The summed E-state index contributed by atoms with van der Waals surface area (Å²) in [6.45, 7) is 8.38. The number of hydrogen-bond donors (Lipinski definition) is 0. The lowest BCUT2D eigenvalue weighted by Crippen LogP contribution is -2.25. The quantitative estimate of drug-likeness (QED) is 0.122. The molecule has 0 N–H and O–H groups in total. The summed E-state index contributed by atoms with van der Waals surface area (Å²) in [6, 6.07) is 4.88. The van der Waals surface area contributed by atoms with E-state index in [-0.39, 0.29) is 23.1 Å². The van der Waals surface area contributed by atoms with Gasteiger partial charge < -0.3 is 9.64 Å². The molecule has 208 valence electrons.